The molecular weight excluding hydrogens is 266 g/mol. The van der Waals surface area contributed by atoms with Gasteiger partial charge in [-0.05, 0) is 24.0 Å². The van der Waals surface area contributed by atoms with Gasteiger partial charge in [0.2, 0.25) is 0 Å². The summed E-state index contributed by atoms with van der Waals surface area (Å²) in [7, 11) is 0. The minimum atomic E-state index is -0.810. The Hall–Kier alpha value is -1.78. The molecule has 0 radical (unpaired) electrons. The first-order chi connectivity index (χ1) is 9.86. The monoisotopic (exact) mass is 289 g/mol. The highest BCUT2D eigenvalue weighted by atomic mass is 16.4. The molecule has 3 rings (SSSR count). The number of hydrogen-bond acceptors (Lipinski definition) is 3. The molecule has 1 aromatic rings. The van der Waals surface area contributed by atoms with Gasteiger partial charge in [-0.1, -0.05) is 20.8 Å². The van der Waals surface area contributed by atoms with Crippen LogP contribution in [0, 0.1) is 11.3 Å². The zero-order chi connectivity index (χ0) is 15.3. The van der Waals surface area contributed by atoms with E-state index in [1.165, 1.54) is 0 Å². The first-order valence-electron chi connectivity index (χ1n) is 7.52. The van der Waals surface area contributed by atoms with Crippen molar-refractivity contribution in [2.24, 2.45) is 11.3 Å². The highest BCUT2D eigenvalue weighted by molar-refractivity contribution is 5.66. The summed E-state index contributed by atoms with van der Waals surface area (Å²) < 4.78 is 0. The normalized spacial score (nSPS) is 28.8. The molecule has 0 aliphatic carbocycles. The summed E-state index contributed by atoms with van der Waals surface area (Å²) in [6.07, 6.45) is 3.79. The van der Waals surface area contributed by atoms with Crippen LogP contribution in [-0.4, -0.2) is 46.3 Å². The molecular formula is C16H23N3O2. The Morgan fingerprint density at radius 3 is 2.81 bits per heavy atom. The number of amides is 1. The number of nitrogens with zero attached hydrogens (tertiary/aromatic N) is 3. The Labute approximate surface area is 125 Å². The van der Waals surface area contributed by atoms with Crippen LogP contribution in [0.25, 0.3) is 0 Å². The maximum Gasteiger partial charge on any atom is 0.407 e. The molecule has 2 unspecified atom stereocenters. The number of hydrogen-bond donors (Lipinski definition) is 1. The minimum Gasteiger partial charge on any atom is -0.465 e. The van der Waals surface area contributed by atoms with Crippen molar-refractivity contribution < 1.29 is 9.90 Å². The van der Waals surface area contributed by atoms with Crippen LogP contribution in [0.3, 0.4) is 0 Å². The SMILES string of the molecule is CC(C)(C)C12CN(C(=O)O)CCC1CN2c1cccnc1. The molecule has 5 nitrogen and oxygen atoms in total. The van der Waals surface area contributed by atoms with Crippen LogP contribution < -0.4 is 4.90 Å². The number of piperidine rings is 1. The Kier molecular flexibility index (Phi) is 3.11. The van der Waals surface area contributed by atoms with Gasteiger partial charge in [0.05, 0.1) is 17.4 Å². The Balaban J connectivity index is 1.99. The van der Waals surface area contributed by atoms with Crippen LogP contribution in [0.5, 0.6) is 0 Å². The number of anilines is 1. The highest BCUT2D eigenvalue weighted by Gasteiger charge is 2.62. The van der Waals surface area contributed by atoms with E-state index in [-0.39, 0.29) is 11.0 Å². The quantitative estimate of drug-likeness (QED) is 0.863. The third kappa shape index (κ3) is 1.98. The highest BCUT2D eigenvalue weighted by Crippen LogP contribution is 2.54. The molecule has 0 saturated carbocycles. The van der Waals surface area contributed by atoms with Crippen LogP contribution in [-0.2, 0) is 0 Å². The summed E-state index contributed by atoms with van der Waals surface area (Å²) >= 11 is 0. The average molecular weight is 289 g/mol. The maximum atomic E-state index is 11.4. The fraction of sp³-hybridized carbons (Fsp3) is 0.625. The second-order valence-electron chi connectivity index (χ2n) is 7.19. The molecule has 1 N–H and O–H groups in total. The van der Waals surface area contributed by atoms with Crippen LogP contribution in [0.2, 0.25) is 0 Å². The van der Waals surface area contributed by atoms with Crippen molar-refractivity contribution in [3.63, 3.8) is 0 Å². The van der Waals surface area contributed by atoms with Crippen molar-refractivity contribution in [1.82, 2.24) is 9.88 Å². The predicted molar refractivity (Wildman–Crippen MR) is 81.5 cm³/mol. The second-order valence-corrected chi connectivity index (χ2v) is 7.19. The molecule has 5 heteroatoms. The van der Waals surface area contributed by atoms with Crippen molar-refractivity contribution in [2.45, 2.75) is 32.7 Å². The molecule has 2 atom stereocenters. The first kappa shape index (κ1) is 14.2. The van der Waals surface area contributed by atoms with Gasteiger partial charge in [0.1, 0.15) is 0 Å². The topological polar surface area (TPSA) is 56.7 Å². The zero-order valence-corrected chi connectivity index (χ0v) is 12.9. The van der Waals surface area contributed by atoms with Gasteiger partial charge in [0.25, 0.3) is 0 Å². The van der Waals surface area contributed by atoms with E-state index in [9.17, 15) is 9.90 Å². The number of rotatable bonds is 1. The molecule has 1 aromatic heterocycles. The van der Waals surface area contributed by atoms with Gasteiger partial charge in [-0.2, -0.15) is 0 Å². The summed E-state index contributed by atoms with van der Waals surface area (Å²) in [4.78, 5) is 19.6. The number of carboxylic acid groups (broad SMARTS) is 1. The molecule has 2 fully saturated rings. The maximum absolute atomic E-state index is 11.4. The molecule has 0 bridgehead atoms. The van der Waals surface area contributed by atoms with E-state index in [0.717, 1.165) is 18.7 Å². The summed E-state index contributed by atoms with van der Waals surface area (Å²) in [5, 5.41) is 9.40. The lowest BCUT2D eigenvalue weighted by atomic mass is 9.57. The zero-order valence-electron chi connectivity index (χ0n) is 12.9. The lowest BCUT2D eigenvalue weighted by Gasteiger charge is -2.68. The van der Waals surface area contributed by atoms with Crippen molar-refractivity contribution >= 4 is 11.8 Å². The van der Waals surface area contributed by atoms with E-state index in [1.54, 1.807) is 11.1 Å². The number of aromatic nitrogens is 1. The van der Waals surface area contributed by atoms with E-state index < -0.39 is 6.09 Å². The molecule has 0 spiro atoms. The Bertz CT molecular complexity index is 540. The molecule has 3 heterocycles. The predicted octanol–water partition coefficient (Wildman–Crippen LogP) is 2.69. The molecule has 1 amide bonds. The Morgan fingerprint density at radius 1 is 1.48 bits per heavy atom. The van der Waals surface area contributed by atoms with Crippen molar-refractivity contribution in [3.05, 3.63) is 24.5 Å². The number of likely N-dealkylation sites (tertiary alicyclic amines) is 1. The lowest BCUT2D eigenvalue weighted by molar-refractivity contribution is -0.0311. The van der Waals surface area contributed by atoms with E-state index in [2.05, 4.69) is 36.7 Å². The molecule has 2 saturated heterocycles. The smallest absolute Gasteiger partial charge is 0.407 e. The van der Waals surface area contributed by atoms with Crippen molar-refractivity contribution in [1.29, 1.82) is 0 Å². The molecule has 2 aliphatic rings. The fourth-order valence-electron chi connectivity index (χ4n) is 4.14. The summed E-state index contributed by atoms with van der Waals surface area (Å²) in [5.74, 6) is 0.549. The van der Waals surface area contributed by atoms with Gasteiger partial charge in [0, 0.05) is 31.7 Å². The first-order valence-corrected chi connectivity index (χ1v) is 7.52. The fourth-order valence-corrected chi connectivity index (χ4v) is 4.14. The lowest BCUT2D eigenvalue weighted by Crippen LogP contribution is -2.79. The average Bonchev–Trinajstić information content (AvgIpc) is 2.39. The standard InChI is InChI=1S/C16H23N3O2/c1-15(2,3)16-11-18(14(20)21)8-6-12(16)10-19(16)13-5-4-7-17-9-13/h4-5,7,9,12H,6,8,10-11H2,1-3H3,(H,20,21). The van der Waals surface area contributed by atoms with E-state index >= 15 is 0 Å². The molecule has 21 heavy (non-hydrogen) atoms. The van der Waals surface area contributed by atoms with Crippen LogP contribution in [0.4, 0.5) is 10.5 Å². The van der Waals surface area contributed by atoms with Gasteiger partial charge in [-0.3, -0.25) is 4.98 Å². The number of fused-ring (bicyclic) bond motifs is 1. The molecule has 2 aliphatic heterocycles. The summed E-state index contributed by atoms with van der Waals surface area (Å²) in [6, 6.07) is 4.01. The van der Waals surface area contributed by atoms with Gasteiger partial charge in [-0.25, -0.2) is 4.79 Å². The second kappa shape index (κ2) is 4.61. The van der Waals surface area contributed by atoms with E-state index in [4.69, 9.17) is 0 Å². The van der Waals surface area contributed by atoms with Gasteiger partial charge in [-0.15, -0.1) is 0 Å². The van der Waals surface area contributed by atoms with Crippen molar-refractivity contribution in [2.75, 3.05) is 24.5 Å². The summed E-state index contributed by atoms with van der Waals surface area (Å²) in [5.41, 5.74) is 0.961. The van der Waals surface area contributed by atoms with Crippen molar-refractivity contribution in [3.8, 4) is 0 Å². The minimum absolute atomic E-state index is 0.000121. The van der Waals surface area contributed by atoms with Gasteiger partial charge in [0.15, 0.2) is 0 Å². The third-order valence-electron chi connectivity index (χ3n) is 5.27. The number of carbonyl (C=O) groups is 1. The van der Waals surface area contributed by atoms with E-state index in [0.29, 0.717) is 19.0 Å². The van der Waals surface area contributed by atoms with Gasteiger partial charge >= 0.3 is 6.09 Å². The number of pyridine rings is 1. The van der Waals surface area contributed by atoms with Gasteiger partial charge < -0.3 is 14.9 Å². The van der Waals surface area contributed by atoms with Crippen LogP contribution >= 0.6 is 0 Å². The largest absolute Gasteiger partial charge is 0.465 e. The third-order valence-corrected chi connectivity index (χ3v) is 5.27. The Morgan fingerprint density at radius 2 is 2.24 bits per heavy atom. The summed E-state index contributed by atoms with van der Waals surface area (Å²) in [6.45, 7) is 8.87. The molecule has 0 aromatic carbocycles. The molecule has 114 valence electrons. The van der Waals surface area contributed by atoms with E-state index in [1.807, 2.05) is 12.3 Å². The van der Waals surface area contributed by atoms with Crippen LogP contribution in [0.1, 0.15) is 27.2 Å². The van der Waals surface area contributed by atoms with Crippen LogP contribution in [0.15, 0.2) is 24.5 Å².